The van der Waals surface area contributed by atoms with Gasteiger partial charge in [0.2, 0.25) is 0 Å². The summed E-state index contributed by atoms with van der Waals surface area (Å²) in [5, 5.41) is 18.2. The first-order valence-corrected chi connectivity index (χ1v) is 28.5. The summed E-state index contributed by atoms with van der Waals surface area (Å²) in [6, 6.07) is 44.0. The smallest absolute Gasteiger partial charge is 0.0804 e. The molecule has 4 heteroatoms. The van der Waals surface area contributed by atoms with E-state index in [0.717, 1.165) is 47.9 Å². The van der Waals surface area contributed by atoms with Crippen molar-refractivity contribution in [3.63, 3.8) is 0 Å². The minimum atomic E-state index is 1.06. The van der Waals surface area contributed by atoms with Crippen LogP contribution in [0.2, 0.25) is 0 Å². The Morgan fingerprint density at radius 2 is 0.429 bits per heavy atom. The van der Waals surface area contributed by atoms with Crippen LogP contribution in [0.3, 0.4) is 0 Å². The van der Waals surface area contributed by atoms with E-state index in [-0.39, 0.29) is 0 Å². The molecule has 340 valence electrons. The molecule has 1 aliphatic carbocycles. The second-order valence-corrected chi connectivity index (χ2v) is 22.0. The Morgan fingerprint density at radius 1 is 0.229 bits per heavy atom. The molecule has 4 bridgehead atoms. The Morgan fingerprint density at radius 3 is 0.643 bits per heavy atom. The van der Waals surface area contributed by atoms with Crippen LogP contribution in [0, 0.1) is 47.4 Å². The monoisotopic (exact) mass is 972 g/mol. The van der Waals surface area contributed by atoms with Gasteiger partial charge in [-0.1, -0.05) is 183 Å². The zero-order valence-electron chi connectivity index (χ0n) is 39.4. The van der Waals surface area contributed by atoms with Gasteiger partial charge < -0.3 is 0 Å². The average molecular weight is 973 g/mol. The third-order valence-electron chi connectivity index (χ3n) is 13.8. The molecule has 0 nitrogen and oxygen atoms in total. The van der Waals surface area contributed by atoms with E-state index < -0.39 is 0 Å². The summed E-state index contributed by atoms with van der Waals surface area (Å²) in [6.45, 7) is 0. The highest BCUT2D eigenvalue weighted by Gasteiger charge is 2.15. The highest BCUT2D eigenvalue weighted by molar-refractivity contribution is 7.11. The fourth-order valence-corrected chi connectivity index (χ4v) is 13.4. The fourth-order valence-electron chi connectivity index (χ4n) is 10.2. The van der Waals surface area contributed by atoms with E-state index >= 15 is 0 Å². The standard InChI is InChI=1S/C66H52S4/c1-3-7-19-47-39-43-67-63(47)35-31-59-51-23-11-15-27-55(51)61(56-28-16-12-24-52(56)59)33-37-65-49(41-45-69-65)21-9-5-2-6-10-22-50-42-46-70-66(50)38-34-62-57-29-17-13-25-53(57)60(54-26-14-18-30-58(54)62)32-36-64-48(20-8-4-1)40-44-68-64/h11-18,23-30,39-46H,1-10,19-22H2. The van der Waals surface area contributed by atoms with Crippen LogP contribution in [-0.4, -0.2) is 0 Å². The van der Waals surface area contributed by atoms with Crippen molar-refractivity contribution in [2.24, 2.45) is 0 Å². The van der Waals surface area contributed by atoms with Crippen LogP contribution >= 0.6 is 45.3 Å². The lowest BCUT2D eigenvalue weighted by Gasteiger charge is -2.10. The number of thiophene rings is 4. The van der Waals surface area contributed by atoms with E-state index in [1.165, 1.54) is 149 Å². The first kappa shape index (κ1) is 45.8. The van der Waals surface area contributed by atoms with E-state index in [2.05, 4.69) is 190 Å². The number of rotatable bonds is 0. The zero-order valence-corrected chi connectivity index (χ0v) is 42.7. The maximum atomic E-state index is 3.71. The highest BCUT2D eigenvalue weighted by atomic mass is 32.1. The van der Waals surface area contributed by atoms with Gasteiger partial charge in [-0.15, -0.1) is 45.3 Å². The zero-order chi connectivity index (χ0) is 46.9. The van der Waals surface area contributed by atoms with Gasteiger partial charge in [-0.3, -0.25) is 0 Å². The van der Waals surface area contributed by atoms with Gasteiger partial charge in [0.25, 0.3) is 0 Å². The molecule has 0 N–H and O–H groups in total. The summed E-state index contributed by atoms with van der Waals surface area (Å²) in [5.41, 5.74) is 9.84. The van der Waals surface area contributed by atoms with E-state index in [4.69, 9.17) is 0 Å². The number of aryl methyl sites for hydroxylation is 4. The van der Waals surface area contributed by atoms with Crippen LogP contribution in [0.15, 0.2) is 143 Å². The molecule has 0 atom stereocenters. The molecule has 4 aromatic heterocycles. The summed E-state index contributed by atoms with van der Waals surface area (Å²) in [4.78, 5) is 4.74. The van der Waals surface area contributed by atoms with Gasteiger partial charge in [-0.25, -0.2) is 0 Å². The van der Waals surface area contributed by atoms with Crippen LogP contribution in [0.25, 0.3) is 43.1 Å². The normalized spacial score (nSPS) is 14.1. The van der Waals surface area contributed by atoms with Gasteiger partial charge in [-0.05, 0) is 162 Å². The van der Waals surface area contributed by atoms with Crippen LogP contribution in [0.4, 0.5) is 0 Å². The van der Waals surface area contributed by atoms with Crippen molar-refractivity contribution in [1.82, 2.24) is 0 Å². The second-order valence-electron chi connectivity index (χ2n) is 18.3. The van der Waals surface area contributed by atoms with E-state index in [0.29, 0.717) is 0 Å². The number of benzene rings is 6. The minimum absolute atomic E-state index is 1.06. The predicted molar refractivity (Wildman–Crippen MR) is 305 cm³/mol. The van der Waals surface area contributed by atoms with E-state index in [1.54, 1.807) is 45.3 Å². The third kappa shape index (κ3) is 10.0. The Hall–Kier alpha value is -6.60. The molecule has 0 aliphatic heterocycles. The van der Waals surface area contributed by atoms with Crippen molar-refractivity contribution < 1.29 is 0 Å². The van der Waals surface area contributed by atoms with Gasteiger partial charge in [0.15, 0.2) is 0 Å². The molecule has 0 radical (unpaired) electrons. The van der Waals surface area contributed by atoms with Gasteiger partial charge in [0, 0.05) is 22.3 Å². The molecule has 10 aromatic rings. The lowest BCUT2D eigenvalue weighted by Crippen LogP contribution is -1.92. The summed E-state index contributed by atoms with van der Waals surface area (Å²) in [7, 11) is 0. The van der Waals surface area contributed by atoms with Gasteiger partial charge in [-0.2, -0.15) is 0 Å². The predicted octanol–water partition coefficient (Wildman–Crippen LogP) is 17.9. The second kappa shape index (κ2) is 22.0. The minimum Gasteiger partial charge on any atom is -0.135 e. The Bertz CT molecular complexity index is 3170. The van der Waals surface area contributed by atoms with Crippen LogP contribution < -0.4 is 0 Å². The largest absolute Gasteiger partial charge is 0.135 e. The molecule has 6 aromatic carbocycles. The maximum Gasteiger partial charge on any atom is 0.0804 e. The van der Waals surface area contributed by atoms with Crippen molar-refractivity contribution in [2.45, 2.75) is 89.9 Å². The van der Waals surface area contributed by atoms with Crippen molar-refractivity contribution in [2.75, 3.05) is 0 Å². The van der Waals surface area contributed by atoms with Gasteiger partial charge >= 0.3 is 0 Å². The van der Waals surface area contributed by atoms with Crippen molar-refractivity contribution in [3.05, 3.63) is 207 Å². The van der Waals surface area contributed by atoms with Gasteiger partial charge in [0.05, 0.1) is 19.5 Å². The average Bonchev–Trinajstić information content (AvgIpc) is 4.25. The number of hydrogen-bond acceptors (Lipinski definition) is 4. The molecular formula is C66H52S4. The highest BCUT2D eigenvalue weighted by Crippen LogP contribution is 2.35. The van der Waals surface area contributed by atoms with Crippen LogP contribution in [0.5, 0.6) is 0 Å². The third-order valence-corrected chi connectivity index (χ3v) is 17.3. The Kier molecular flexibility index (Phi) is 14.4. The fraction of sp³-hybridized carbons (Fsp3) is 0.212. The molecule has 0 unspecified atom stereocenters. The number of hydrogen-bond donors (Lipinski definition) is 0. The lowest BCUT2D eigenvalue weighted by molar-refractivity contribution is 0.614. The topological polar surface area (TPSA) is 0 Å². The molecule has 1 aliphatic rings. The Labute approximate surface area is 429 Å². The molecule has 0 amide bonds. The quantitative estimate of drug-likeness (QED) is 0.105. The van der Waals surface area contributed by atoms with Crippen molar-refractivity contribution in [3.8, 4) is 47.4 Å². The lowest BCUT2D eigenvalue weighted by atomic mass is 9.92. The first-order valence-electron chi connectivity index (χ1n) is 25.0. The summed E-state index contributed by atoms with van der Waals surface area (Å²) in [6.07, 6.45) is 16.3. The molecule has 0 saturated carbocycles. The maximum absolute atomic E-state index is 3.71. The molecule has 4 heterocycles. The molecule has 0 fully saturated rings. The molecular weight excluding hydrogens is 921 g/mol. The van der Waals surface area contributed by atoms with E-state index in [1.807, 2.05) is 0 Å². The molecule has 0 saturated heterocycles. The van der Waals surface area contributed by atoms with Crippen LogP contribution in [-0.2, 0) is 25.7 Å². The van der Waals surface area contributed by atoms with Crippen molar-refractivity contribution >= 4 is 88.4 Å². The SMILES string of the molecule is C1#Cc2c3ccccc3c(c3ccccc23)C#Cc2sccc2CCCCCCCc2ccsc2C#Cc2c3ccccc3c(c3ccccc23)C#Cc2sccc2CCCCCCCc2ccsc21. The van der Waals surface area contributed by atoms with Gasteiger partial charge in [0.1, 0.15) is 0 Å². The van der Waals surface area contributed by atoms with Crippen molar-refractivity contribution in [1.29, 1.82) is 0 Å². The summed E-state index contributed by atoms with van der Waals surface area (Å²) < 4.78 is 0. The van der Waals surface area contributed by atoms with E-state index in [9.17, 15) is 0 Å². The molecule has 11 rings (SSSR count). The molecule has 0 spiro atoms. The summed E-state index contributed by atoms with van der Waals surface area (Å²) >= 11 is 7.08. The molecule has 70 heavy (non-hydrogen) atoms. The number of fused-ring (bicyclic) bond motifs is 10. The first-order chi connectivity index (χ1) is 34.8. The summed E-state index contributed by atoms with van der Waals surface area (Å²) in [5.74, 6) is 29.5. The Balaban J connectivity index is 0.879. The van der Waals surface area contributed by atoms with Crippen LogP contribution in [0.1, 0.15) is 128 Å².